The maximum atomic E-state index is 13.5. The van der Waals surface area contributed by atoms with E-state index in [-0.39, 0.29) is 24.3 Å². The molecule has 0 fully saturated rings. The van der Waals surface area contributed by atoms with Gasteiger partial charge >= 0.3 is 0 Å². The predicted molar refractivity (Wildman–Crippen MR) is 96.8 cm³/mol. The third kappa shape index (κ3) is 6.74. The minimum Gasteiger partial charge on any atom is -0.488 e. The van der Waals surface area contributed by atoms with Gasteiger partial charge in [0.25, 0.3) is 0 Å². The normalized spacial score (nSPS) is 11.8. The summed E-state index contributed by atoms with van der Waals surface area (Å²) in [5.41, 5.74) is 2.38. The third-order valence-corrected chi connectivity index (χ3v) is 4.42. The van der Waals surface area contributed by atoms with E-state index in [1.165, 1.54) is 29.0 Å². The summed E-state index contributed by atoms with van der Waals surface area (Å²) in [5.74, 6) is -0.448. The topological polar surface area (TPSA) is 38.3 Å². The van der Waals surface area contributed by atoms with Crippen LogP contribution in [-0.4, -0.2) is 24.3 Å². The van der Waals surface area contributed by atoms with Crippen LogP contribution in [-0.2, 0) is 10.5 Å². The molecular weight excluding hydrogens is 344 g/mol. The number of aryl methyl sites for hydroxylation is 1. The van der Waals surface area contributed by atoms with Crippen molar-refractivity contribution in [3.05, 3.63) is 65.2 Å². The number of nitrogens with one attached hydrogen (secondary N) is 1. The van der Waals surface area contributed by atoms with Crippen LogP contribution in [0, 0.1) is 18.6 Å². The average Bonchev–Trinajstić information content (AvgIpc) is 2.56. The van der Waals surface area contributed by atoms with Crippen LogP contribution in [0.3, 0.4) is 0 Å². The van der Waals surface area contributed by atoms with Gasteiger partial charge in [0, 0.05) is 11.8 Å². The van der Waals surface area contributed by atoms with Crippen LogP contribution < -0.4 is 10.1 Å². The predicted octanol–water partition coefficient (Wildman–Crippen LogP) is 4.09. The minimum absolute atomic E-state index is 0.0313. The first-order chi connectivity index (χ1) is 11.9. The molecule has 0 aliphatic rings. The molecule has 134 valence electrons. The Morgan fingerprint density at radius 2 is 1.92 bits per heavy atom. The minimum atomic E-state index is -0.757. The van der Waals surface area contributed by atoms with E-state index < -0.39 is 11.6 Å². The standard InChI is InChI=1S/C19H21F2NO2S/c1-13-3-5-15(6-4-13)11-25-12-19(23)22-14(2)10-24-18-8-7-16(20)9-17(18)21/h3-9,14H,10-12H2,1-2H3,(H,22,23). The van der Waals surface area contributed by atoms with Crippen LogP contribution in [0.4, 0.5) is 8.78 Å². The number of amides is 1. The maximum Gasteiger partial charge on any atom is 0.230 e. The molecule has 0 aliphatic carbocycles. The van der Waals surface area contributed by atoms with Gasteiger partial charge in [-0.1, -0.05) is 29.8 Å². The first-order valence-electron chi connectivity index (χ1n) is 7.94. The number of ether oxygens (including phenoxy) is 1. The number of carbonyl (C=O) groups excluding carboxylic acids is 1. The van der Waals surface area contributed by atoms with Crippen molar-refractivity contribution in [2.24, 2.45) is 0 Å². The molecule has 3 nitrogen and oxygen atoms in total. The second kappa shape index (κ2) is 9.42. The Kier molecular flexibility index (Phi) is 7.25. The fourth-order valence-electron chi connectivity index (χ4n) is 2.11. The number of benzene rings is 2. The van der Waals surface area contributed by atoms with Crippen LogP contribution in [0.15, 0.2) is 42.5 Å². The van der Waals surface area contributed by atoms with Gasteiger partial charge < -0.3 is 10.1 Å². The second-order valence-electron chi connectivity index (χ2n) is 5.83. The molecule has 6 heteroatoms. The van der Waals surface area contributed by atoms with Gasteiger partial charge in [-0.05, 0) is 31.5 Å². The molecule has 25 heavy (non-hydrogen) atoms. The SMILES string of the molecule is Cc1ccc(CSCC(=O)NC(C)COc2ccc(F)cc2F)cc1. The van der Waals surface area contributed by atoms with E-state index in [0.29, 0.717) is 5.75 Å². The lowest BCUT2D eigenvalue weighted by Crippen LogP contribution is -2.37. The zero-order valence-corrected chi connectivity index (χ0v) is 15.0. The molecular formula is C19H21F2NO2S. The largest absolute Gasteiger partial charge is 0.488 e. The number of carbonyl (C=O) groups is 1. The molecule has 0 spiro atoms. The van der Waals surface area contributed by atoms with Gasteiger partial charge in [-0.3, -0.25) is 4.79 Å². The van der Waals surface area contributed by atoms with Crippen molar-refractivity contribution in [2.75, 3.05) is 12.4 Å². The first kappa shape index (κ1) is 19.2. The summed E-state index contributed by atoms with van der Waals surface area (Å²) >= 11 is 1.53. The monoisotopic (exact) mass is 365 g/mol. The van der Waals surface area contributed by atoms with E-state index in [4.69, 9.17) is 4.74 Å². The molecule has 1 atom stereocenters. The van der Waals surface area contributed by atoms with Gasteiger partial charge in [-0.15, -0.1) is 11.8 Å². The van der Waals surface area contributed by atoms with Gasteiger partial charge in [-0.2, -0.15) is 0 Å². The van der Waals surface area contributed by atoms with Crippen molar-refractivity contribution in [1.29, 1.82) is 0 Å². The van der Waals surface area contributed by atoms with E-state index >= 15 is 0 Å². The van der Waals surface area contributed by atoms with Gasteiger partial charge in [-0.25, -0.2) is 8.78 Å². The lowest BCUT2D eigenvalue weighted by molar-refractivity contribution is -0.119. The van der Waals surface area contributed by atoms with Gasteiger partial charge in [0.2, 0.25) is 5.91 Å². The Hall–Kier alpha value is -2.08. The highest BCUT2D eigenvalue weighted by Crippen LogP contribution is 2.17. The zero-order chi connectivity index (χ0) is 18.2. The summed E-state index contributed by atoms with van der Waals surface area (Å²) in [4.78, 5) is 11.9. The number of halogens is 2. The lowest BCUT2D eigenvalue weighted by atomic mass is 10.2. The Morgan fingerprint density at radius 1 is 1.20 bits per heavy atom. The zero-order valence-electron chi connectivity index (χ0n) is 14.2. The highest BCUT2D eigenvalue weighted by Gasteiger charge is 2.10. The molecule has 0 bridgehead atoms. The maximum absolute atomic E-state index is 13.5. The quantitative estimate of drug-likeness (QED) is 0.766. The summed E-state index contributed by atoms with van der Waals surface area (Å²) in [7, 11) is 0. The summed E-state index contributed by atoms with van der Waals surface area (Å²) in [5, 5.41) is 2.80. The fourth-order valence-corrected chi connectivity index (χ4v) is 2.91. The Balaban J connectivity index is 1.68. The van der Waals surface area contributed by atoms with Crippen LogP contribution in [0.25, 0.3) is 0 Å². The molecule has 0 radical (unpaired) electrons. The Bertz CT molecular complexity index is 707. The first-order valence-corrected chi connectivity index (χ1v) is 9.10. The van der Waals surface area contributed by atoms with Crippen molar-refractivity contribution in [1.82, 2.24) is 5.32 Å². The average molecular weight is 365 g/mol. The van der Waals surface area contributed by atoms with E-state index in [1.54, 1.807) is 6.92 Å². The van der Waals surface area contributed by atoms with Crippen molar-refractivity contribution in [2.45, 2.75) is 25.6 Å². The molecule has 2 rings (SSSR count). The fraction of sp³-hybridized carbons (Fsp3) is 0.316. The van der Waals surface area contributed by atoms with E-state index in [1.807, 2.05) is 31.2 Å². The van der Waals surface area contributed by atoms with Crippen LogP contribution in [0.1, 0.15) is 18.1 Å². The van der Waals surface area contributed by atoms with Gasteiger partial charge in [0.15, 0.2) is 11.6 Å². The van der Waals surface area contributed by atoms with Crippen LogP contribution >= 0.6 is 11.8 Å². The number of hydrogen-bond acceptors (Lipinski definition) is 3. The molecule has 0 saturated carbocycles. The van der Waals surface area contributed by atoms with Crippen molar-refractivity contribution in [3.8, 4) is 5.75 Å². The summed E-state index contributed by atoms with van der Waals surface area (Å²) < 4.78 is 31.6. The van der Waals surface area contributed by atoms with E-state index in [2.05, 4.69) is 5.32 Å². The molecule has 1 N–H and O–H groups in total. The number of rotatable bonds is 8. The van der Waals surface area contributed by atoms with Gasteiger partial charge in [0.05, 0.1) is 11.8 Å². The van der Waals surface area contributed by atoms with Crippen LogP contribution in [0.2, 0.25) is 0 Å². The second-order valence-corrected chi connectivity index (χ2v) is 6.82. The summed E-state index contributed by atoms with van der Waals surface area (Å²) in [6.07, 6.45) is 0. The molecule has 0 aliphatic heterocycles. The summed E-state index contributed by atoms with van der Waals surface area (Å²) in [6.45, 7) is 3.91. The van der Waals surface area contributed by atoms with E-state index in [0.717, 1.165) is 17.9 Å². The van der Waals surface area contributed by atoms with Gasteiger partial charge in [0.1, 0.15) is 12.4 Å². The molecule has 0 aromatic heterocycles. The molecule has 0 saturated heterocycles. The van der Waals surface area contributed by atoms with Crippen LogP contribution in [0.5, 0.6) is 5.75 Å². The Morgan fingerprint density at radius 3 is 2.60 bits per heavy atom. The molecule has 2 aromatic carbocycles. The lowest BCUT2D eigenvalue weighted by Gasteiger charge is -2.15. The highest BCUT2D eigenvalue weighted by atomic mass is 32.2. The smallest absolute Gasteiger partial charge is 0.230 e. The molecule has 1 amide bonds. The van der Waals surface area contributed by atoms with E-state index in [9.17, 15) is 13.6 Å². The molecule has 1 unspecified atom stereocenters. The van der Waals surface area contributed by atoms with Crippen molar-refractivity contribution >= 4 is 17.7 Å². The third-order valence-electron chi connectivity index (χ3n) is 3.41. The number of thioether (sulfide) groups is 1. The van der Waals surface area contributed by atoms with Crippen molar-refractivity contribution < 1.29 is 18.3 Å². The molecule has 0 heterocycles. The number of hydrogen-bond donors (Lipinski definition) is 1. The Labute approximate surface area is 150 Å². The molecule has 2 aromatic rings. The van der Waals surface area contributed by atoms with Crippen molar-refractivity contribution in [3.63, 3.8) is 0 Å². The summed E-state index contributed by atoms with van der Waals surface area (Å²) in [6, 6.07) is 11.0. The highest BCUT2D eigenvalue weighted by molar-refractivity contribution is 7.99.